The zero-order chi connectivity index (χ0) is 5.15. The highest BCUT2D eigenvalue weighted by molar-refractivity contribution is 4.55. The first-order chi connectivity index (χ1) is 2.64. The lowest BCUT2D eigenvalue weighted by atomic mass is 10.3. The number of hydrogen-bond donors (Lipinski definition) is 3. The van der Waals surface area contributed by atoms with Crippen molar-refractivity contribution in [3.8, 4) is 0 Å². The summed E-state index contributed by atoms with van der Waals surface area (Å²) in [4.78, 5) is 0. The Morgan fingerprint density at radius 3 is 1.67 bits per heavy atom. The highest BCUT2D eigenvalue weighted by Crippen LogP contribution is 1.73. The summed E-state index contributed by atoms with van der Waals surface area (Å²) in [6, 6.07) is -0.315. The van der Waals surface area contributed by atoms with Crippen LogP contribution in [0.3, 0.4) is 0 Å². The van der Waals surface area contributed by atoms with Gasteiger partial charge in [-0.05, 0) is 6.92 Å². The van der Waals surface area contributed by atoms with Crippen LogP contribution in [0.5, 0.6) is 0 Å². The molecule has 6 heavy (non-hydrogen) atoms. The van der Waals surface area contributed by atoms with Crippen LogP contribution in [0.25, 0.3) is 0 Å². The number of aliphatic hydroxyl groups excluding tert-OH is 1. The minimum atomic E-state index is -0.870. The summed E-state index contributed by atoms with van der Waals surface area (Å²) in [6.07, 6.45) is -0.870. The number of hydrogen-bond acceptors (Lipinski definition) is 3. The predicted octanol–water partition coefficient (Wildman–Crippen LogP) is -1.39. The van der Waals surface area contributed by atoms with Gasteiger partial charge in [0.25, 0.3) is 0 Å². The van der Waals surface area contributed by atoms with Crippen LogP contribution < -0.4 is 11.5 Å². The Kier molecular flexibility index (Phi) is 2.08. The van der Waals surface area contributed by atoms with Crippen LogP contribution in [0.2, 0.25) is 0 Å². The van der Waals surface area contributed by atoms with E-state index in [4.69, 9.17) is 16.6 Å². The van der Waals surface area contributed by atoms with Gasteiger partial charge < -0.3 is 16.6 Å². The van der Waals surface area contributed by atoms with Crippen LogP contribution in [0, 0.1) is 0 Å². The molecule has 0 aliphatic heterocycles. The summed E-state index contributed by atoms with van der Waals surface area (Å²) in [5, 5.41) is 8.28. The van der Waals surface area contributed by atoms with Crippen molar-refractivity contribution in [1.82, 2.24) is 0 Å². The molecule has 0 saturated carbocycles. The second-order valence-electron chi connectivity index (χ2n) is 1.35. The van der Waals surface area contributed by atoms with Gasteiger partial charge in [0, 0.05) is 6.04 Å². The Bertz CT molecular complexity index is 29.8. The van der Waals surface area contributed by atoms with Crippen molar-refractivity contribution in [3.05, 3.63) is 0 Å². The molecule has 0 rings (SSSR count). The molecule has 1 unspecified atom stereocenters. The minimum absolute atomic E-state index is 0.315. The van der Waals surface area contributed by atoms with Crippen molar-refractivity contribution in [2.45, 2.75) is 19.2 Å². The molecular weight excluding hydrogens is 80.0 g/mol. The SMILES string of the molecule is CC(N)[C@H](N)O. The average molecular weight is 90.1 g/mol. The lowest BCUT2D eigenvalue weighted by molar-refractivity contribution is 0.158. The molecule has 0 spiro atoms. The molecule has 2 atom stereocenters. The van der Waals surface area contributed by atoms with Crippen molar-refractivity contribution in [1.29, 1.82) is 0 Å². The lowest BCUT2D eigenvalue weighted by Crippen LogP contribution is -2.38. The van der Waals surface area contributed by atoms with E-state index in [0.29, 0.717) is 0 Å². The van der Waals surface area contributed by atoms with E-state index in [1.54, 1.807) is 6.92 Å². The number of aliphatic hydroxyl groups is 1. The molecule has 3 heteroatoms. The van der Waals surface area contributed by atoms with E-state index < -0.39 is 6.23 Å². The summed E-state index contributed by atoms with van der Waals surface area (Å²) in [6.45, 7) is 1.64. The Morgan fingerprint density at radius 1 is 1.50 bits per heavy atom. The van der Waals surface area contributed by atoms with E-state index in [0.717, 1.165) is 0 Å². The van der Waals surface area contributed by atoms with Crippen LogP contribution in [0.15, 0.2) is 0 Å². The third-order valence-corrected chi connectivity index (χ3v) is 0.539. The summed E-state index contributed by atoms with van der Waals surface area (Å²) in [7, 11) is 0. The molecule has 0 aromatic heterocycles. The maximum atomic E-state index is 8.28. The van der Waals surface area contributed by atoms with Gasteiger partial charge in [0.2, 0.25) is 0 Å². The summed E-state index contributed by atoms with van der Waals surface area (Å²) >= 11 is 0. The molecule has 0 bridgehead atoms. The van der Waals surface area contributed by atoms with Gasteiger partial charge in [0.15, 0.2) is 0 Å². The standard InChI is InChI=1S/C3H10N2O/c1-2(4)3(5)6/h2-3,6H,4-5H2,1H3/t2?,3-/m1/s1. The fourth-order valence-electron chi connectivity index (χ4n) is 0. The molecule has 0 aromatic rings. The first-order valence-corrected chi connectivity index (χ1v) is 1.84. The second-order valence-corrected chi connectivity index (χ2v) is 1.35. The Hall–Kier alpha value is -0.120. The Labute approximate surface area is 36.9 Å². The molecule has 0 heterocycles. The molecule has 5 N–H and O–H groups in total. The van der Waals surface area contributed by atoms with Crippen LogP contribution >= 0.6 is 0 Å². The van der Waals surface area contributed by atoms with E-state index in [1.807, 2.05) is 0 Å². The number of nitrogens with two attached hydrogens (primary N) is 2. The first-order valence-electron chi connectivity index (χ1n) is 1.84. The van der Waals surface area contributed by atoms with Crippen LogP contribution in [0.1, 0.15) is 6.92 Å². The summed E-state index contributed by atoms with van der Waals surface area (Å²) in [5.41, 5.74) is 9.93. The minimum Gasteiger partial charge on any atom is -0.377 e. The largest absolute Gasteiger partial charge is 0.377 e. The topological polar surface area (TPSA) is 72.3 Å². The summed E-state index contributed by atoms with van der Waals surface area (Å²) < 4.78 is 0. The molecule has 0 fully saturated rings. The molecule has 0 aliphatic rings. The molecule has 0 aliphatic carbocycles. The van der Waals surface area contributed by atoms with E-state index in [1.165, 1.54) is 0 Å². The molecule has 0 saturated heterocycles. The van der Waals surface area contributed by atoms with E-state index in [9.17, 15) is 0 Å². The highest BCUT2D eigenvalue weighted by atomic mass is 16.3. The van der Waals surface area contributed by atoms with Crippen LogP contribution in [-0.4, -0.2) is 17.4 Å². The van der Waals surface area contributed by atoms with Gasteiger partial charge in [-0.15, -0.1) is 0 Å². The average Bonchev–Trinajstić information content (AvgIpc) is 1.36. The van der Waals surface area contributed by atoms with Crippen molar-refractivity contribution < 1.29 is 5.11 Å². The Balaban J connectivity index is 2.99. The monoisotopic (exact) mass is 90.1 g/mol. The fraction of sp³-hybridized carbons (Fsp3) is 1.00. The Morgan fingerprint density at radius 2 is 1.67 bits per heavy atom. The third-order valence-electron chi connectivity index (χ3n) is 0.539. The fourth-order valence-corrected chi connectivity index (χ4v) is 0. The van der Waals surface area contributed by atoms with Crippen LogP contribution in [-0.2, 0) is 0 Å². The maximum Gasteiger partial charge on any atom is 0.117 e. The van der Waals surface area contributed by atoms with Gasteiger partial charge in [0.05, 0.1) is 0 Å². The zero-order valence-corrected chi connectivity index (χ0v) is 3.76. The van der Waals surface area contributed by atoms with Gasteiger partial charge >= 0.3 is 0 Å². The van der Waals surface area contributed by atoms with Crippen LogP contribution in [0.4, 0.5) is 0 Å². The molecule has 0 amide bonds. The molecular formula is C3H10N2O. The maximum absolute atomic E-state index is 8.28. The van der Waals surface area contributed by atoms with Gasteiger partial charge in [-0.2, -0.15) is 0 Å². The molecule has 0 radical (unpaired) electrons. The number of rotatable bonds is 1. The van der Waals surface area contributed by atoms with E-state index in [2.05, 4.69) is 0 Å². The van der Waals surface area contributed by atoms with E-state index in [-0.39, 0.29) is 6.04 Å². The van der Waals surface area contributed by atoms with Gasteiger partial charge in [-0.3, -0.25) is 0 Å². The lowest BCUT2D eigenvalue weighted by Gasteiger charge is -2.05. The van der Waals surface area contributed by atoms with Crippen molar-refractivity contribution in [2.24, 2.45) is 11.5 Å². The molecule has 38 valence electrons. The first kappa shape index (κ1) is 5.88. The molecule has 0 aromatic carbocycles. The normalized spacial score (nSPS) is 20.0. The van der Waals surface area contributed by atoms with E-state index >= 15 is 0 Å². The third kappa shape index (κ3) is 2.14. The second kappa shape index (κ2) is 2.12. The smallest absolute Gasteiger partial charge is 0.117 e. The van der Waals surface area contributed by atoms with Gasteiger partial charge in [-0.1, -0.05) is 0 Å². The van der Waals surface area contributed by atoms with Crippen molar-refractivity contribution >= 4 is 0 Å². The summed E-state index contributed by atoms with van der Waals surface area (Å²) in [5.74, 6) is 0. The zero-order valence-electron chi connectivity index (χ0n) is 3.76. The van der Waals surface area contributed by atoms with Crippen molar-refractivity contribution in [3.63, 3.8) is 0 Å². The molecule has 3 nitrogen and oxygen atoms in total. The van der Waals surface area contributed by atoms with Crippen molar-refractivity contribution in [2.75, 3.05) is 0 Å². The highest BCUT2D eigenvalue weighted by Gasteiger charge is 1.98. The predicted molar refractivity (Wildman–Crippen MR) is 23.8 cm³/mol. The quantitative estimate of drug-likeness (QED) is 0.347. The van der Waals surface area contributed by atoms with Gasteiger partial charge in [-0.25, -0.2) is 0 Å². The van der Waals surface area contributed by atoms with Gasteiger partial charge in [0.1, 0.15) is 6.23 Å².